The van der Waals surface area contributed by atoms with Crippen LogP contribution in [0.2, 0.25) is 5.15 Å². The molecule has 0 N–H and O–H groups in total. The Bertz CT molecular complexity index is 637. The van der Waals surface area contributed by atoms with E-state index in [1.54, 1.807) is 12.1 Å². The normalized spacial score (nSPS) is 10.3. The second-order valence-electron chi connectivity index (χ2n) is 3.57. The molecule has 0 aliphatic carbocycles. The van der Waals surface area contributed by atoms with Crippen molar-refractivity contribution in [3.63, 3.8) is 0 Å². The van der Waals surface area contributed by atoms with E-state index in [9.17, 15) is 14.9 Å². The summed E-state index contributed by atoms with van der Waals surface area (Å²) in [4.78, 5) is 25.3. The molecule has 18 heavy (non-hydrogen) atoms. The summed E-state index contributed by atoms with van der Waals surface area (Å²) in [7, 11) is 0. The van der Waals surface area contributed by atoms with E-state index in [1.807, 2.05) is 0 Å². The first-order valence-electron chi connectivity index (χ1n) is 5.02. The second kappa shape index (κ2) is 4.97. The Morgan fingerprint density at radius 3 is 2.61 bits per heavy atom. The summed E-state index contributed by atoms with van der Waals surface area (Å²) in [5, 5.41) is 10.4. The summed E-state index contributed by atoms with van der Waals surface area (Å²) in [6, 6.07) is 5.98. The van der Waals surface area contributed by atoms with Gasteiger partial charge in [0.1, 0.15) is 0 Å². The zero-order chi connectivity index (χ0) is 13.1. The Kier molecular flexibility index (Phi) is 3.38. The standard InChI is InChI=1S/C11H8ClN3O3/c12-10-11(16)14(6-5-13-10)7-8-1-3-9(4-2-8)15(17)18/h1-6H,7H2. The summed E-state index contributed by atoms with van der Waals surface area (Å²) in [6.07, 6.45) is 2.94. The fourth-order valence-electron chi connectivity index (χ4n) is 1.46. The lowest BCUT2D eigenvalue weighted by atomic mass is 10.2. The van der Waals surface area contributed by atoms with Crippen molar-refractivity contribution in [2.45, 2.75) is 6.54 Å². The van der Waals surface area contributed by atoms with Crippen LogP contribution in [0.4, 0.5) is 5.69 Å². The first kappa shape index (κ1) is 12.3. The third kappa shape index (κ3) is 2.54. The minimum atomic E-state index is -0.473. The molecule has 2 aromatic rings. The van der Waals surface area contributed by atoms with E-state index in [1.165, 1.54) is 29.1 Å². The lowest BCUT2D eigenvalue weighted by Gasteiger charge is -2.05. The van der Waals surface area contributed by atoms with Crippen LogP contribution in [0.25, 0.3) is 0 Å². The predicted octanol–water partition coefficient (Wildman–Crippen LogP) is 1.85. The maximum atomic E-state index is 11.6. The van der Waals surface area contributed by atoms with Crippen LogP contribution in [0, 0.1) is 10.1 Å². The van der Waals surface area contributed by atoms with Crippen molar-refractivity contribution >= 4 is 17.3 Å². The van der Waals surface area contributed by atoms with Crippen LogP contribution >= 0.6 is 11.6 Å². The molecule has 0 amide bonds. The van der Waals surface area contributed by atoms with Crippen molar-refractivity contribution < 1.29 is 4.92 Å². The summed E-state index contributed by atoms with van der Waals surface area (Å²) < 4.78 is 1.39. The maximum absolute atomic E-state index is 11.6. The number of nitrogens with zero attached hydrogens (tertiary/aromatic N) is 3. The highest BCUT2D eigenvalue weighted by Gasteiger charge is 2.06. The molecule has 1 aromatic heterocycles. The Hall–Kier alpha value is -2.21. The molecule has 0 saturated heterocycles. The highest BCUT2D eigenvalue weighted by Crippen LogP contribution is 2.12. The smallest absolute Gasteiger partial charge is 0.288 e. The molecule has 6 nitrogen and oxygen atoms in total. The van der Waals surface area contributed by atoms with Gasteiger partial charge in [0, 0.05) is 24.5 Å². The van der Waals surface area contributed by atoms with Gasteiger partial charge in [0.2, 0.25) is 0 Å². The fourth-order valence-corrected chi connectivity index (χ4v) is 1.63. The van der Waals surface area contributed by atoms with Crippen molar-refractivity contribution in [1.29, 1.82) is 0 Å². The van der Waals surface area contributed by atoms with E-state index >= 15 is 0 Å². The van der Waals surface area contributed by atoms with Crippen molar-refractivity contribution in [2.75, 3.05) is 0 Å². The SMILES string of the molecule is O=c1c(Cl)nccn1Cc1ccc([N+](=O)[O-])cc1. The molecule has 0 saturated carbocycles. The number of non-ortho nitro benzene ring substituents is 1. The van der Waals surface area contributed by atoms with Crippen molar-refractivity contribution in [2.24, 2.45) is 0 Å². The molecule has 2 rings (SSSR count). The summed E-state index contributed by atoms with van der Waals surface area (Å²) >= 11 is 5.61. The quantitative estimate of drug-likeness (QED) is 0.627. The van der Waals surface area contributed by atoms with E-state index in [0.717, 1.165) is 5.56 Å². The molecule has 0 fully saturated rings. The van der Waals surface area contributed by atoms with Crippen LogP contribution in [-0.2, 0) is 6.54 Å². The van der Waals surface area contributed by atoms with Crippen LogP contribution in [0.3, 0.4) is 0 Å². The van der Waals surface area contributed by atoms with E-state index in [0.29, 0.717) is 6.54 Å². The van der Waals surface area contributed by atoms with Gasteiger partial charge < -0.3 is 4.57 Å². The molecule has 92 valence electrons. The first-order valence-corrected chi connectivity index (χ1v) is 5.40. The number of nitro groups is 1. The van der Waals surface area contributed by atoms with Crippen molar-refractivity contribution in [3.8, 4) is 0 Å². The average Bonchev–Trinajstić information content (AvgIpc) is 2.36. The minimum absolute atomic E-state index is 0.0128. The second-order valence-corrected chi connectivity index (χ2v) is 3.93. The van der Waals surface area contributed by atoms with Crippen LogP contribution < -0.4 is 5.56 Å². The molecule has 1 heterocycles. The number of nitro benzene ring substituents is 1. The molecule has 0 aliphatic heterocycles. The van der Waals surface area contributed by atoms with Gasteiger partial charge in [-0.1, -0.05) is 23.7 Å². The van der Waals surface area contributed by atoms with E-state index in [4.69, 9.17) is 11.6 Å². The molecule has 0 spiro atoms. The number of halogens is 1. The van der Waals surface area contributed by atoms with Crippen LogP contribution in [0.15, 0.2) is 41.5 Å². The Morgan fingerprint density at radius 2 is 2.00 bits per heavy atom. The highest BCUT2D eigenvalue weighted by atomic mass is 35.5. The van der Waals surface area contributed by atoms with Gasteiger partial charge in [0.25, 0.3) is 11.2 Å². The molecule has 1 aromatic carbocycles. The molecular formula is C11H8ClN3O3. The van der Waals surface area contributed by atoms with Gasteiger partial charge in [-0.15, -0.1) is 0 Å². The van der Waals surface area contributed by atoms with E-state index in [-0.39, 0.29) is 10.8 Å². The van der Waals surface area contributed by atoms with Crippen molar-refractivity contribution in [1.82, 2.24) is 9.55 Å². The highest BCUT2D eigenvalue weighted by molar-refractivity contribution is 6.29. The third-order valence-corrected chi connectivity index (χ3v) is 2.63. The van der Waals surface area contributed by atoms with E-state index < -0.39 is 10.5 Å². The third-order valence-electron chi connectivity index (χ3n) is 2.37. The summed E-state index contributed by atoms with van der Waals surface area (Å²) in [5.41, 5.74) is 0.390. The lowest BCUT2D eigenvalue weighted by Crippen LogP contribution is -2.21. The molecule has 0 bridgehead atoms. The summed E-state index contributed by atoms with van der Waals surface area (Å²) in [6.45, 7) is 0.291. The average molecular weight is 266 g/mol. The Morgan fingerprint density at radius 1 is 1.33 bits per heavy atom. The molecule has 0 aliphatic rings. The lowest BCUT2D eigenvalue weighted by molar-refractivity contribution is -0.384. The van der Waals surface area contributed by atoms with Gasteiger partial charge in [-0.3, -0.25) is 14.9 Å². The van der Waals surface area contributed by atoms with Gasteiger partial charge in [0.15, 0.2) is 5.15 Å². The molecule has 0 unspecified atom stereocenters. The largest absolute Gasteiger partial charge is 0.307 e. The zero-order valence-corrected chi connectivity index (χ0v) is 9.87. The van der Waals surface area contributed by atoms with Crippen LogP contribution in [0.1, 0.15) is 5.56 Å². The number of hydrogen-bond acceptors (Lipinski definition) is 4. The van der Waals surface area contributed by atoms with Crippen LogP contribution in [-0.4, -0.2) is 14.5 Å². The first-order chi connectivity index (χ1) is 8.58. The topological polar surface area (TPSA) is 78.0 Å². The number of hydrogen-bond donors (Lipinski definition) is 0. The number of rotatable bonds is 3. The molecule has 7 heteroatoms. The van der Waals surface area contributed by atoms with E-state index in [2.05, 4.69) is 4.98 Å². The monoisotopic (exact) mass is 265 g/mol. The Labute approximate surface area is 107 Å². The molecule has 0 atom stereocenters. The molecular weight excluding hydrogens is 258 g/mol. The van der Waals surface area contributed by atoms with Gasteiger partial charge >= 0.3 is 0 Å². The van der Waals surface area contributed by atoms with Gasteiger partial charge in [-0.2, -0.15) is 0 Å². The minimum Gasteiger partial charge on any atom is -0.307 e. The maximum Gasteiger partial charge on any atom is 0.288 e. The molecule has 0 radical (unpaired) electrons. The Balaban J connectivity index is 2.26. The fraction of sp³-hybridized carbons (Fsp3) is 0.0909. The van der Waals surface area contributed by atoms with Crippen molar-refractivity contribution in [3.05, 3.63) is 67.8 Å². The van der Waals surface area contributed by atoms with Gasteiger partial charge in [-0.05, 0) is 5.56 Å². The zero-order valence-electron chi connectivity index (χ0n) is 9.12. The van der Waals surface area contributed by atoms with Gasteiger partial charge in [0.05, 0.1) is 11.5 Å². The van der Waals surface area contributed by atoms with Crippen LogP contribution in [0.5, 0.6) is 0 Å². The predicted molar refractivity (Wildman–Crippen MR) is 65.7 cm³/mol. The summed E-state index contributed by atoms with van der Waals surface area (Å²) in [5.74, 6) is 0. The number of aromatic nitrogens is 2. The van der Waals surface area contributed by atoms with Gasteiger partial charge in [-0.25, -0.2) is 4.98 Å². The number of benzene rings is 1.